The van der Waals surface area contributed by atoms with E-state index in [9.17, 15) is 4.79 Å². The van der Waals surface area contributed by atoms with Crippen LogP contribution in [-0.2, 0) is 0 Å². The van der Waals surface area contributed by atoms with Crippen LogP contribution in [0, 0.1) is 5.92 Å². The number of fused-ring (bicyclic) bond motifs is 1. The fraction of sp³-hybridized carbons (Fsp3) is 0.370. The number of rotatable bonds is 5. The number of nitrogens with zero attached hydrogens (tertiary/aromatic N) is 1. The number of piperidine rings is 1. The molecule has 1 heterocycles. The molecule has 2 aliphatic rings. The number of Topliss-reactive ketones (excluding diaryl/α,β-unsaturated/α-hetero) is 1. The first kappa shape index (κ1) is 19.3. The van der Waals surface area contributed by atoms with E-state index in [1.54, 1.807) is 7.11 Å². The van der Waals surface area contributed by atoms with Gasteiger partial charge < -0.3 is 4.74 Å². The zero-order chi connectivity index (χ0) is 20.5. The van der Waals surface area contributed by atoms with Gasteiger partial charge in [-0.25, -0.2) is 0 Å². The van der Waals surface area contributed by atoms with Crippen molar-refractivity contribution in [2.45, 2.75) is 37.6 Å². The van der Waals surface area contributed by atoms with E-state index in [0.29, 0.717) is 12.0 Å². The summed E-state index contributed by atoms with van der Waals surface area (Å²) in [6, 6.07) is 23.4. The van der Waals surface area contributed by atoms with Gasteiger partial charge >= 0.3 is 0 Å². The van der Waals surface area contributed by atoms with Crippen LogP contribution < -0.4 is 4.74 Å². The van der Waals surface area contributed by atoms with E-state index in [0.717, 1.165) is 41.6 Å². The van der Waals surface area contributed by atoms with Gasteiger partial charge in [0.2, 0.25) is 0 Å². The monoisotopic (exact) mass is 399 g/mol. The molecule has 154 valence electrons. The van der Waals surface area contributed by atoms with E-state index in [1.807, 2.05) is 24.3 Å². The standard InChI is InChI=1S/C27H29NO2/c1-30-24-13-12-20-16-22(11-10-21(20)17-24)27(29)26-18-28(23-8-5-9-23)15-14-25(26)19-6-3-2-4-7-19/h2-4,6-7,10-13,16-17,23,25-26H,5,8-9,14-15,18H2,1H3/t25-,26-/m0/s1. The third kappa shape index (κ3) is 3.63. The molecule has 1 saturated carbocycles. The molecule has 3 aromatic rings. The van der Waals surface area contributed by atoms with Gasteiger partial charge in [0.25, 0.3) is 0 Å². The molecule has 3 aromatic carbocycles. The van der Waals surface area contributed by atoms with E-state index in [1.165, 1.54) is 24.8 Å². The molecule has 3 nitrogen and oxygen atoms in total. The Morgan fingerprint density at radius 2 is 1.70 bits per heavy atom. The molecule has 2 fully saturated rings. The maximum atomic E-state index is 13.8. The Balaban J connectivity index is 1.47. The molecule has 0 radical (unpaired) electrons. The van der Waals surface area contributed by atoms with Crippen molar-refractivity contribution in [3.05, 3.63) is 77.9 Å². The molecule has 1 saturated heterocycles. The van der Waals surface area contributed by atoms with Gasteiger partial charge in [-0.15, -0.1) is 0 Å². The highest BCUT2D eigenvalue weighted by molar-refractivity contribution is 6.02. The summed E-state index contributed by atoms with van der Waals surface area (Å²) in [6.45, 7) is 1.98. The second-order valence-corrected chi connectivity index (χ2v) is 8.78. The first-order valence-corrected chi connectivity index (χ1v) is 11.1. The number of hydrogen-bond acceptors (Lipinski definition) is 3. The summed E-state index contributed by atoms with van der Waals surface area (Å²) in [4.78, 5) is 16.4. The number of ketones is 1. The quantitative estimate of drug-likeness (QED) is 0.516. The average Bonchev–Trinajstić information content (AvgIpc) is 2.77. The summed E-state index contributed by atoms with van der Waals surface area (Å²) in [5.74, 6) is 1.43. The molecule has 30 heavy (non-hydrogen) atoms. The maximum absolute atomic E-state index is 13.8. The number of carbonyl (C=O) groups is 1. The van der Waals surface area contributed by atoms with Crippen molar-refractivity contribution in [1.29, 1.82) is 0 Å². The van der Waals surface area contributed by atoms with E-state index in [-0.39, 0.29) is 11.7 Å². The van der Waals surface area contributed by atoms with E-state index in [2.05, 4.69) is 47.4 Å². The predicted octanol–water partition coefficient (Wildman–Crippen LogP) is 5.69. The number of hydrogen-bond donors (Lipinski definition) is 0. The molecule has 0 N–H and O–H groups in total. The highest BCUT2D eigenvalue weighted by Crippen LogP contribution is 2.38. The third-order valence-electron chi connectivity index (χ3n) is 7.13. The van der Waals surface area contributed by atoms with Crippen LogP contribution in [0.15, 0.2) is 66.7 Å². The number of ether oxygens (including phenoxy) is 1. The van der Waals surface area contributed by atoms with Crippen LogP contribution in [0.2, 0.25) is 0 Å². The lowest BCUT2D eigenvalue weighted by Gasteiger charge is -2.45. The Bertz CT molecular complexity index is 1040. The molecular weight excluding hydrogens is 370 g/mol. The molecule has 0 aromatic heterocycles. The van der Waals surface area contributed by atoms with Gasteiger partial charge in [0.05, 0.1) is 7.11 Å². The van der Waals surface area contributed by atoms with E-state index < -0.39 is 0 Å². The second-order valence-electron chi connectivity index (χ2n) is 8.78. The molecule has 0 amide bonds. The fourth-order valence-corrected chi connectivity index (χ4v) is 5.14. The van der Waals surface area contributed by atoms with E-state index in [4.69, 9.17) is 4.74 Å². The molecule has 0 spiro atoms. The molecule has 3 heteroatoms. The van der Waals surface area contributed by atoms with Gasteiger partial charge in [0.1, 0.15) is 5.75 Å². The fourth-order valence-electron chi connectivity index (χ4n) is 5.14. The zero-order valence-corrected chi connectivity index (χ0v) is 17.6. The topological polar surface area (TPSA) is 29.5 Å². The SMILES string of the molecule is COc1ccc2cc(C(=O)[C@H]3CN(C4CCC4)CC[C@H]3c3ccccc3)ccc2c1. The van der Waals surface area contributed by atoms with Gasteiger partial charge in [-0.05, 0) is 66.3 Å². The van der Waals surface area contributed by atoms with Gasteiger partial charge in [0, 0.05) is 24.1 Å². The Labute approximate surface area is 178 Å². The summed E-state index contributed by atoms with van der Waals surface area (Å²) in [6.07, 6.45) is 4.96. The first-order valence-electron chi connectivity index (χ1n) is 11.1. The largest absolute Gasteiger partial charge is 0.497 e. The highest BCUT2D eigenvalue weighted by atomic mass is 16.5. The summed E-state index contributed by atoms with van der Waals surface area (Å²) < 4.78 is 5.34. The Morgan fingerprint density at radius 3 is 2.43 bits per heavy atom. The van der Waals surface area contributed by atoms with Gasteiger partial charge in [0.15, 0.2) is 5.78 Å². The number of likely N-dealkylation sites (tertiary alicyclic amines) is 1. The smallest absolute Gasteiger partial charge is 0.167 e. The number of benzene rings is 3. The Kier molecular flexibility index (Phi) is 5.30. The lowest BCUT2D eigenvalue weighted by Crippen LogP contribution is -2.49. The van der Waals surface area contributed by atoms with Crippen LogP contribution >= 0.6 is 0 Å². The van der Waals surface area contributed by atoms with Crippen LogP contribution in [0.5, 0.6) is 5.75 Å². The van der Waals surface area contributed by atoms with Crippen molar-refractivity contribution < 1.29 is 9.53 Å². The third-order valence-corrected chi connectivity index (χ3v) is 7.13. The lowest BCUT2D eigenvalue weighted by molar-refractivity contribution is 0.0540. The molecule has 0 unspecified atom stereocenters. The van der Waals surface area contributed by atoms with E-state index >= 15 is 0 Å². The minimum atomic E-state index is 0.0115. The second kappa shape index (κ2) is 8.23. The zero-order valence-electron chi connectivity index (χ0n) is 17.6. The van der Waals surface area contributed by atoms with Crippen molar-refractivity contribution in [1.82, 2.24) is 4.90 Å². The van der Waals surface area contributed by atoms with Crippen LogP contribution in [0.3, 0.4) is 0 Å². The van der Waals surface area contributed by atoms with Gasteiger partial charge in [-0.3, -0.25) is 9.69 Å². The van der Waals surface area contributed by atoms with Crippen LogP contribution in [0.1, 0.15) is 47.5 Å². The lowest BCUT2D eigenvalue weighted by atomic mass is 9.75. The normalized spacial score (nSPS) is 22.6. The number of carbonyl (C=O) groups excluding carboxylic acids is 1. The van der Waals surface area contributed by atoms with Crippen molar-refractivity contribution >= 4 is 16.6 Å². The van der Waals surface area contributed by atoms with Crippen LogP contribution in [0.4, 0.5) is 0 Å². The summed E-state index contributed by atoms with van der Waals surface area (Å²) in [5, 5.41) is 2.19. The van der Waals surface area contributed by atoms with Crippen molar-refractivity contribution in [3.63, 3.8) is 0 Å². The first-order chi connectivity index (χ1) is 14.7. The maximum Gasteiger partial charge on any atom is 0.167 e. The van der Waals surface area contributed by atoms with Crippen molar-refractivity contribution in [3.8, 4) is 5.75 Å². The molecule has 0 bridgehead atoms. The highest BCUT2D eigenvalue weighted by Gasteiger charge is 2.38. The average molecular weight is 400 g/mol. The number of methoxy groups -OCH3 is 1. The van der Waals surface area contributed by atoms with Crippen LogP contribution in [0.25, 0.3) is 10.8 Å². The Morgan fingerprint density at radius 1 is 0.933 bits per heavy atom. The minimum absolute atomic E-state index is 0.0115. The summed E-state index contributed by atoms with van der Waals surface area (Å²) >= 11 is 0. The minimum Gasteiger partial charge on any atom is -0.497 e. The molecule has 2 atom stereocenters. The van der Waals surface area contributed by atoms with Gasteiger partial charge in [-0.1, -0.05) is 55.0 Å². The molecular formula is C27H29NO2. The van der Waals surface area contributed by atoms with Crippen LogP contribution in [-0.4, -0.2) is 36.9 Å². The summed E-state index contributed by atoms with van der Waals surface area (Å²) in [5.41, 5.74) is 2.13. The van der Waals surface area contributed by atoms with Crippen molar-refractivity contribution in [2.24, 2.45) is 5.92 Å². The van der Waals surface area contributed by atoms with Crippen molar-refractivity contribution in [2.75, 3.05) is 20.2 Å². The molecule has 1 aliphatic carbocycles. The van der Waals surface area contributed by atoms with Gasteiger partial charge in [-0.2, -0.15) is 0 Å². The Hall–Kier alpha value is -2.65. The summed E-state index contributed by atoms with van der Waals surface area (Å²) in [7, 11) is 1.68. The predicted molar refractivity (Wildman–Crippen MR) is 121 cm³/mol. The molecule has 1 aliphatic heterocycles. The molecule has 5 rings (SSSR count).